The van der Waals surface area contributed by atoms with Gasteiger partial charge in [0.05, 0.1) is 24.9 Å². The van der Waals surface area contributed by atoms with Gasteiger partial charge in [-0.15, -0.1) is 0 Å². The van der Waals surface area contributed by atoms with Crippen LogP contribution in [0.4, 0.5) is 4.39 Å². The molecule has 2 aromatic rings. The average molecular weight is 371 g/mol. The van der Waals surface area contributed by atoms with Crippen molar-refractivity contribution in [2.24, 2.45) is 0 Å². The summed E-state index contributed by atoms with van der Waals surface area (Å²) in [6, 6.07) is 4.67. The van der Waals surface area contributed by atoms with E-state index in [-0.39, 0.29) is 17.8 Å². The predicted octanol–water partition coefficient (Wildman–Crippen LogP) is 3.79. The van der Waals surface area contributed by atoms with E-state index < -0.39 is 0 Å². The smallest absolute Gasteiger partial charge is 0.254 e. The number of nitrogens with zero attached hydrogens (tertiary/aromatic N) is 3. The second-order valence-electron chi connectivity index (χ2n) is 7.40. The second kappa shape index (κ2) is 7.43. The van der Waals surface area contributed by atoms with E-state index in [9.17, 15) is 9.18 Å². The van der Waals surface area contributed by atoms with Crippen molar-refractivity contribution >= 4 is 5.91 Å². The molecule has 0 bridgehead atoms. The number of aromatic nitrogens is 2. The van der Waals surface area contributed by atoms with Crippen LogP contribution < -0.4 is 0 Å². The molecule has 1 fully saturated rings. The first-order chi connectivity index (χ1) is 13.1. The number of carbonyl (C=O) groups is 1. The van der Waals surface area contributed by atoms with Crippen LogP contribution in [-0.2, 0) is 24.3 Å². The van der Waals surface area contributed by atoms with E-state index in [0.717, 1.165) is 43.5 Å². The topological polar surface area (TPSA) is 47.4 Å². The Bertz CT molecular complexity index is 861. The van der Waals surface area contributed by atoms with Crippen LogP contribution in [0.25, 0.3) is 0 Å². The molecular weight excluding hydrogens is 345 g/mol. The fraction of sp³-hybridized carbons (Fsp3) is 0.524. The summed E-state index contributed by atoms with van der Waals surface area (Å²) < 4.78 is 21.7. The molecule has 2 aliphatic heterocycles. The van der Waals surface area contributed by atoms with Crippen LogP contribution >= 0.6 is 0 Å². The summed E-state index contributed by atoms with van der Waals surface area (Å²) in [4.78, 5) is 15.1. The fourth-order valence-corrected chi connectivity index (χ4v) is 4.21. The number of amides is 1. The van der Waals surface area contributed by atoms with Crippen LogP contribution in [-0.4, -0.2) is 33.7 Å². The summed E-state index contributed by atoms with van der Waals surface area (Å²) in [6.45, 7) is 6.55. The van der Waals surface area contributed by atoms with E-state index in [4.69, 9.17) is 9.84 Å². The van der Waals surface area contributed by atoms with Crippen LogP contribution in [0.1, 0.15) is 65.1 Å². The Morgan fingerprint density at radius 2 is 2.22 bits per heavy atom. The van der Waals surface area contributed by atoms with Crippen molar-refractivity contribution in [2.75, 3.05) is 13.2 Å². The standard InChI is InChI=1S/C21H26FN3O2/c1-3-25-18-9-11-27-13-16(18)20(23-25)19-6-4-5-10-24(19)21(26)15-8-7-14(2)17(22)12-15/h7-8,12,19H,3-6,9-11,13H2,1-2H3. The Morgan fingerprint density at radius 1 is 1.37 bits per heavy atom. The molecule has 1 amide bonds. The molecule has 0 N–H and O–H groups in total. The number of hydrogen-bond donors (Lipinski definition) is 0. The first kappa shape index (κ1) is 18.2. The maximum Gasteiger partial charge on any atom is 0.254 e. The highest BCUT2D eigenvalue weighted by Crippen LogP contribution is 2.36. The molecule has 1 aromatic heterocycles. The zero-order valence-electron chi connectivity index (χ0n) is 16.0. The number of carbonyl (C=O) groups excluding carboxylic acids is 1. The maximum absolute atomic E-state index is 14.0. The molecule has 1 aromatic carbocycles. The third-order valence-electron chi connectivity index (χ3n) is 5.72. The normalized spacial score (nSPS) is 19.8. The minimum Gasteiger partial charge on any atom is -0.376 e. The number of likely N-dealkylation sites (tertiary alicyclic amines) is 1. The van der Waals surface area contributed by atoms with Crippen LogP contribution in [0.5, 0.6) is 0 Å². The van der Waals surface area contributed by atoms with Gasteiger partial charge >= 0.3 is 0 Å². The van der Waals surface area contributed by atoms with E-state index >= 15 is 0 Å². The van der Waals surface area contributed by atoms with Gasteiger partial charge in [0.2, 0.25) is 0 Å². The summed E-state index contributed by atoms with van der Waals surface area (Å²) in [7, 11) is 0. The number of aryl methyl sites for hydroxylation is 2. The van der Waals surface area contributed by atoms with Crippen molar-refractivity contribution in [3.63, 3.8) is 0 Å². The van der Waals surface area contributed by atoms with Crippen molar-refractivity contribution in [1.29, 1.82) is 0 Å². The number of halogens is 1. The third-order valence-corrected chi connectivity index (χ3v) is 5.72. The van der Waals surface area contributed by atoms with Crippen LogP contribution in [0, 0.1) is 12.7 Å². The molecule has 27 heavy (non-hydrogen) atoms. The van der Waals surface area contributed by atoms with E-state index in [0.29, 0.717) is 30.9 Å². The molecule has 0 spiro atoms. The SMILES string of the molecule is CCn1nc(C2CCCCN2C(=O)c2ccc(C)c(F)c2)c2c1CCOC2. The molecule has 144 valence electrons. The molecule has 0 saturated carbocycles. The van der Waals surface area contributed by atoms with Gasteiger partial charge in [0, 0.05) is 36.3 Å². The molecule has 4 rings (SSSR count). The summed E-state index contributed by atoms with van der Waals surface area (Å²) >= 11 is 0. The van der Waals surface area contributed by atoms with Crippen molar-refractivity contribution in [1.82, 2.24) is 14.7 Å². The second-order valence-corrected chi connectivity index (χ2v) is 7.40. The number of ether oxygens (including phenoxy) is 1. The van der Waals surface area contributed by atoms with Gasteiger partial charge in [0.15, 0.2) is 0 Å². The number of hydrogen-bond acceptors (Lipinski definition) is 3. The summed E-state index contributed by atoms with van der Waals surface area (Å²) in [6.07, 6.45) is 3.77. The van der Waals surface area contributed by atoms with E-state index in [1.54, 1.807) is 19.1 Å². The minimum atomic E-state index is -0.338. The number of fused-ring (bicyclic) bond motifs is 1. The van der Waals surface area contributed by atoms with Crippen molar-refractivity contribution in [3.05, 3.63) is 52.1 Å². The largest absolute Gasteiger partial charge is 0.376 e. The molecule has 6 heteroatoms. The van der Waals surface area contributed by atoms with E-state index in [1.807, 2.05) is 4.90 Å². The van der Waals surface area contributed by atoms with Gasteiger partial charge in [-0.2, -0.15) is 5.10 Å². The highest BCUT2D eigenvalue weighted by atomic mass is 19.1. The Balaban J connectivity index is 1.70. The van der Waals surface area contributed by atoms with Crippen molar-refractivity contribution in [3.8, 4) is 0 Å². The molecule has 3 heterocycles. The molecule has 1 atom stereocenters. The van der Waals surface area contributed by atoms with Crippen molar-refractivity contribution in [2.45, 2.75) is 58.7 Å². The number of rotatable bonds is 3. The van der Waals surface area contributed by atoms with Crippen LogP contribution in [0.3, 0.4) is 0 Å². The lowest BCUT2D eigenvalue weighted by atomic mass is 9.94. The van der Waals surface area contributed by atoms with Gasteiger partial charge in [-0.05, 0) is 50.8 Å². The monoisotopic (exact) mass is 371 g/mol. The highest BCUT2D eigenvalue weighted by Gasteiger charge is 2.34. The molecular formula is C21H26FN3O2. The summed E-state index contributed by atoms with van der Waals surface area (Å²) in [5.41, 5.74) is 4.30. The van der Waals surface area contributed by atoms with Gasteiger partial charge in [-0.1, -0.05) is 6.07 Å². The Morgan fingerprint density at radius 3 is 3.00 bits per heavy atom. The quantitative estimate of drug-likeness (QED) is 0.825. The van der Waals surface area contributed by atoms with Crippen LogP contribution in [0.15, 0.2) is 18.2 Å². The molecule has 5 nitrogen and oxygen atoms in total. The average Bonchev–Trinajstić information content (AvgIpc) is 3.08. The van der Waals surface area contributed by atoms with Gasteiger partial charge < -0.3 is 9.64 Å². The lowest BCUT2D eigenvalue weighted by molar-refractivity contribution is 0.0595. The lowest BCUT2D eigenvalue weighted by Crippen LogP contribution is -2.39. The zero-order chi connectivity index (χ0) is 19.0. The van der Waals surface area contributed by atoms with Gasteiger partial charge in [0.25, 0.3) is 5.91 Å². The van der Waals surface area contributed by atoms with E-state index in [1.165, 1.54) is 11.8 Å². The summed E-state index contributed by atoms with van der Waals surface area (Å²) in [5.74, 6) is -0.453. The summed E-state index contributed by atoms with van der Waals surface area (Å²) in [5, 5.41) is 4.86. The molecule has 2 aliphatic rings. The van der Waals surface area contributed by atoms with Gasteiger partial charge in [0.1, 0.15) is 5.82 Å². The molecule has 0 radical (unpaired) electrons. The number of benzene rings is 1. The lowest BCUT2D eigenvalue weighted by Gasteiger charge is -2.35. The molecule has 1 unspecified atom stereocenters. The molecule has 1 saturated heterocycles. The van der Waals surface area contributed by atoms with Crippen LogP contribution in [0.2, 0.25) is 0 Å². The molecule has 0 aliphatic carbocycles. The maximum atomic E-state index is 14.0. The predicted molar refractivity (Wildman–Crippen MR) is 100 cm³/mol. The van der Waals surface area contributed by atoms with Gasteiger partial charge in [-0.3, -0.25) is 9.48 Å². The first-order valence-electron chi connectivity index (χ1n) is 9.83. The van der Waals surface area contributed by atoms with E-state index in [2.05, 4.69) is 11.6 Å². The Hall–Kier alpha value is -2.21. The minimum absolute atomic E-state index is 0.0705. The highest BCUT2D eigenvalue weighted by molar-refractivity contribution is 5.94. The Labute approximate surface area is 159 Å². The Kier molecular flexibility index (Phi) is 5.00. The third kappa shape index (κ3) is 3.27. The van der Waals surface area contributed by atoms with Gasteiger partial charge in [-0.25, -0.2) is 4.39 Å². The first-order valence-corrected chi connectivity index (χ1v) is 9.83. The number of piperidine rings is 1. The van der Waals surface area contributed by atoms with Crippen molar-refractivity contribution < 1.29 is 13.9 Å². The fourth-order valence-electron chi connectivity index (χ4n) is 4.21. The zero-order valence-corrected chi connectivity index (χ0v) is 16.0.